The number of nitrogens with one attached hydrogen (secondary N) is 1. The number of hydrogen-bond donors (Lipinski definition) is 1. The van der Waals surface area contributed by atoms with Gasteiger partial charge in [0.2, 0.25) is 0 Å². The molecule has 1 aromatic heterocycles. The summed E-state index contributed by atoms with van der Waals surface area (Å²) in [5.41, 5.74) is 0.0931. The van der Waals surface area contributed by atoms with Crippen LogP contribution in [-0.2, 0) is 10.5 Å². The Hall–Kier alpha value is -1.38. The van der Waals surface area contributed by atoms with Gasteiger partial charge in [0.15, 0.2) is 11.3 Å². The molecule has 2 aromatic rings. The predicted molar refractivity (Wildman–Crippen MR) is 87.0 cm³/mol. The first-order valence-electron chi connectivity index (χ1n) is 6.85. The summed E-state index contributed by atoms with van der Waals surface area (Å²) in [5, 5.41) is 4.45. The largest absolute Gasteiger partial charge is 0.356 e. The van der Waals surface area contributed by atoms with Crippen molar-refractivity contribution in [3.05, 3.63) is 55.1 Å². The predicted octanol–water partition coefficient (Wildman–Crippen LogP) is 2.30. The topological polar surface area (TPSA) is 77.0 Å². The van der Waals surface area contributed by atoms with E-state index in [0.29, 0.717) is 12.4 Å². The van der Waals surface area contributed by atoms with Gasteiger partial charge in [-0.15, -0.1) is 0 Å². The number of benzene rings is 1. The van der Waals surface area contributed by atoms with E-state index in [9.17, 15) is 9.59 Å². The zero-order valence-electron chi connectivity index (χ0n) is 11.6. The van der Waals surface area contributed by atoms with E-state index in [1.807, 2.05) is 24.3 Å². The van der Waals surface area contributed by atoms with Gasteiger partial charge in [0, 0.05) is 16.8 Å². The fourth-order valence-corrected chi connectivity index (χ4v) is 3.26. The highest BCUT2D eigenvalue weighted by molar-refractivity contribution is 9.10. The molecule has 2 heterocycles. The molecule has 0 radical (unpaired) electrons. The highest BCUT2D eigenvalue weighted by atomic mass is 79.9. The van der Waals surface area contributed by atoms with E-state index in [1.165, 1.54) is 16.4 Å². The molecule has 6 nitrogen and oxygen atoms in total. The van der Waals surface area contributed by atoms with Crippen LogP contribution in [0.25, 0.3) is 0 Å². The minimum Gasteiger partial charge on any atom is -0.356 e. The Morgan fingerprint density at radius 1 is 1.36 bits per heavy atom. The number of hydrogen-bond acceptors (Lipinski definition) is 5. The molecule has 0 unspecified atom stereocenters. The summed E-state index contributed by atoms with van der Waals surface area (Å²) in [6.45, 7) is 0.610. The van der Waals surface area contributed by atoms with E-state index in [-0.39, 0.29) is 11.3 Å². The Kier molecular flexibility index (Phi) is 4.80. The number of rotatable bonds is 4. The smallest absolute Gasteiger partial charge is 0.347 e. The van der Waals surface area contributed by atoms with Crippen LogP contribution in [0.4, 0.5) is 0 Å². The third-order valence-electron chi connectivity index (χ3n) is 3.29. The highest BCUT2D eigenvalue weighted by Crippen LogP contribution is 2.22. The van der Waals surface area contributed by atoms with Crippen molar-refractivity contribution in [3.63, 3.8) is 0 Å². The van der Waals surface area contributed by atoms with Crippen molar-refractivity contribution >= 4 is 27.7 Å². The quantitative estimate of drug-likeness (QED) is 0.819. The zero-order chi connectivity index (χ0) is 15.5. The SMILES string of the molecule is O=c1[nH]c(=O)n([C@H]2CCCO2)nc1SCc1ccc(Br)cc1. The first-order chi connectivity index (χ1) is 10.6. The van der Waals surface area contributed by atoms with Crippen molar-refractivity contribution in [2.75, 3.05) is 6.61 Å². The number of nitrogens with zero attached hydrogens (tertiary/aromatic N) is 2. The number of aromatic nitrogens is 3. The second kappa shape index (κ2) is 6.80. The summed E-state index contributed by atoms with van der Waals surface area (Å²) in [7, 11) is 0. The van der Waals surface area contributed by atoms with Crippen LogP contribution >= 0.6 is 27.7 Å². The van der Waals surface area contributed by atoms with Gasteiger partial charge in [-0.05, 0) is 30.5 Å². The molecule has 1 aliphatic heterocycles. The van der Waals surface area contributed by atoms with Crippen LogP contribution in [-0.4, -0.2) is 21.4 Å². The van der Waals surface area contributed by atoms with Gasteiger partial charge < -0.3 is 4.74 Å². The van der Waals surface area contributed by atoms with Crippen LogP contribution in [0, 0.1) is 0 Å². The molecule has 8 heteroatoms. The van der Waals surface area contributed by atoms with Crippen LogP contribution in [0.15, 0.2) is 43.4 Å². The van der Waals surface area contributed by atoms with Gasteiger partial charge in [-0.25, -0.2) is 4.79 Å². The maximum atomic E-state index is 11.9. The van der Waals surface area contributed by atoms with E-state index in [4.69, 9.17) is 4.74 Å². The van der Waals surface area contributed by atoms with Gasteiger partial charge in [0.05, 0.1) is 0 Å². The molecule has 1 fully saturated rings. The van der Waals surface area contributed by atoms with Gasteiger partial charge >= 0.3 is 5.69 Å². The molecule has 1 atom stereocenters. The average Bonchev–Trinajstić information content (AvgIpc) is 3.02. The molecule has 0 amide bonds. The molecule has 0 saturated carbocycles. The van der Waals surface area contributed by atoms with E-state index in [2.05, 4.69) is 26.0 Å². The fraction of sp³-hybridized carbons (Fsp3) is 0.357. The Bertz CT molecular complexity index is 766. The van der Waals surface area contributed by atoms with Gasteiger partial charge in [0.1, 0.15) is 0 Å². The summed E-state index contributed by atoms with van der Waals surface area (Å²) >= 11 is 4.68. The maximum absolute atomic E-state index is 11.9. The number of thioether (sulfide) groups is 1. The Morgan fingerprint density at radius 3 is 2.82 bits per heavy atom. The Labute approximate surface area is 139 Å². The number of H-pyrrole nitrogens is 1. The van der Waals surface area contributed by atoms with E-state index in [1.54, 1.807) is 0 Å². The van der Waals surface area contributed by atoms with Crippen LogP contribution in [0.2, 0.25) is 0 Å². The molecular formula is C14H14BrN3O3S. The molecule has 1 saturated heterocycles. The van der Waals surface area contributed by atoms with Gasteiger partial charge in [0.25, 0.3) is 5.56 Å². The third-order valence-corrected chi connectivity index (χ3v) is 4.84. The molecule has 1 aromatic carbocycles. The second-order valence-electron chi connectivity index (χ2n) is 4.89. The standard InChI is InChI=1S/C14H14BrN3O3S/c15-10-5-3-9(4-6-10)8-22-13-12(19)16-14(20)18(17-13)11-2-1-7-21-11/h3-6,11H,1-2,7-8H2,(H,16,19,20)/t11-/m1/s1. The van der Waals surface area contributed by atoms with Crippen molar-refractivity contribution in [1.29, 1.82) is 0 Å². The highest BCUT2D eigenvalue weighted by Gasteiger charge is 2.21. The Balaban J connectivity index is 1.80. The molecule has 3 rings (SSSR count). The lowest BCUT2D eigenvalue weighted by Crippen LogP contribution is -2.35. The number of halogens is 1. The number of ether oxygens (including phenoxy) is 1. The van der Waals surface area contributed by atoms with Crippen LogP contribution < -0.4 is 11.2 Å². The lowest BCUT2D eigenvalue weighted by Gasteiger charge is -2.11. The molecule has 1 N–H and O–H groups in total. The molecule has 0 aliphatic carbocycles. The molecule has 116 valence electrons. The van der Waals surface area contributed by atoms with Gasteiger partial charge in [-0.3, -0.25) is 9.78 Å². The molecular weight excluding hydrogens is 370 g/mol. The zero-order valence-corrected chi connectivity index (χ0v) is 14.0. The summed E-state index contributed by atoms with van der Waals surface area (Å²) in [6.07, 6.45) is 1.24. The average molecular weight is 384 g/mol. The van der Waals surface area contributed by atoms with Gasteiger partial charge in [-0.1, -0.05) is 39.8 Å². The Morgan fingerprint density at radius 2 is 2.14 bits per heavy atom. The van der Waals surface area contributed by atoms with E-state index in [0.717, 1.165) is 22.9 Å². The molecule has 0 spiro atoms. The lowest BCUT2D eigenvalue weighted by atomic mass is 10.2. The van der Waals surface area contributed by atoms with Crippen molar-refractivity contribution in [2.45, 2.75) is 29.8 Å². The monoisotopic (exact) mass is 383 g/mol. The van der Waals surface area contributed by atoms with Crippen LogP contribution in [0.3, 0.4) is 0 Å². The van der Waals surface area contributed by atoms with Crippen molar-refractivity contribution in [3.8, 4) is 0 Å². The second-order valence-corrected chi connectivity index (χ2v) is 6.77. The summed E-state index contributed by atoms with van der Waals surface area (Å²) in [4.78, 5) is 26.0. The molecule has 0 bridgehead atoms. The summed E-state index contributed by atoms with van der Waals surface area (Å²) < 4.78 is 7.69. The minimum atomic E-state index is -0.523. The van der Waals surface area contributed by atoms with Crippen molar-refractivity contribution in [2.24, 2.45) is 0 Å². The first kappa shape index (κ1) is 15.5. The molecule has 22 heavy (non-hydrogen) atoms. The van der Waals surface area contributed by atoms with Crippen molar-refractivity contribution in [1.82, 2.24) is 14.8 Å². The van der Waals surface area contributed by atoms with Gasteiger partial charge in [-0.2, -0.15) is 9.78 Å². The van der Waals surface area contributed by atoms with Crippen LogP contribution in [0.1, 0.15) is 24.6 Å². The minimum absolute atomic E-state index is 0.276. The maximum Gasteiger partial charge on any atom is 0.347 e. The normalized spacial score (nSPS) is 17.8. The fourth-order valence-electron chi connectivity index (χ4n) is 2.17. The van der Waals surface area contributed by atoms with Crippen molar-refractivity contribution < 1.29 is 4.74 Å². The van der Waals surface area contributed by atoms with Crippen LogP contribution in [0.5, 0.6) is 0 Å². The molecule has 1 aliphatic rings. The third kappa shape index (κ3) is 3.50. The summed E-state index contributed by atoms with van der Waals surface area (Å²) in [5.74, 6) is 0.604. The number of aromatic amines is 1. The first-order valence-corrected chi connectivity index (χ1v) is 8.63. The van der Waals surface area contributed by atoms with E-state index < -0.39 is 11.2 Å². The summed E-state index contributed by atoms with van der Waals surface area (Å²) in [6, 6.07) is 7.84. The van der Waals surface area contributed by atoms with E-state index >= 15 is 0 Å². The lowest BCUT2D eigenvalue weighted by molar-refractivity contribution is 0.0395.